The molecule has 0 amide bonds. The molecular weight excluding hydrogens is 248 g/mol. The fraction of sp³-hybridized carbons (Fsp3) is 1.00. The molecule has 3 heteroatoms. The Bertz CT molecular complexity index is 324. The average Bonchev–Trinajstić information content (AvgIpc) is 2.92. The smallest absolute Gasteiger partial charge is 0.0622 e. The van der Waals surface area contributed by atoms with Crippen LogP contribution >= 0.6 is 0 Å². The topological polar surface area (TPSA) is 24.5 Å². The van der Waals surface area contributed by atoms with Gasteiger partial charge in [0.2, 0.25) is 0 Å². The molecule has 2 aliphatic heterocycles. The van der Waals surface area contributed by atoms with Gasteiger partial charge in [-0.3, -0.25) is 4.90 Å². The number of hydrogen-bond donors (Lipinski definition) is 1. The van der Waals surface area contributed by atoms with Gasteiger partial charge in [-0.2, -0.15) is 0 Å². The Kier molecular flexibility index (Phi) is 4.13. The van der Waals surface area contributed by atoms with Gasteiger partial charge in [-0.25, -0.2) is 0 Å². The Balaban J connectivity index is 1.77. The van der Waals surface area contributed by atoms with Gasteiger partial charge in [-0.1, -0.05) is 40.0 Å². The van der Waals surface area contributed by atoms with E-state index < -0.39 is 0 Å². The highest BCUT2D eigenvalue weighted by Crippen LogP contribution is 2.37. The van der Waals surface area contributed by atoms with Gasteiger partial charge < -0.3 is 10.1 Å². The molecule has 1 spiro atoms. The molecule has 0 bridgehead atoms. The van der Waals surface area contributed by atoms with Crippen LogP contribution in [0.4, 0.5) is 0 Å². The lowest BCUT2D eigenvalue weighted by Crippen LogP contribution is -2.69. The fourth-order valence-electron chi connectivity index (χ4n) is 4.48. The summed E-state index contributed by atoms with van der Waals surface area (Å²) < 4.78 is 5.69. The first-order chi connectivity index (χ1) is 9.50. The monoisotopic (exact) mass is 280 g/mol. The van der Waals surface area contributed by atoms with Crippen LogP contribution in [0.2, 0.25) is 0 Å². The third-order valence-corrected chi connectivity index (χ3v) is 5.74. The SMILES string of the molecule is CC(C)(C)C1CNC2(CCCCC2)CN1C1CCOC1. The normalized spacial score (nSPS) is 35.5. The van der Waals surface area contributed by atoms with E-state index in [9.17, 15) is 0 Å². The Morgan fingerprint density at radius 1 is 1.15 bits per heavy atom. The van der Waals surface area contributed by atoms with Crippen molar-refractivity contribution in [3.8, 4) is 0 Å². The lowest BCUT2D eigenvalue weighted by Gasteiger charge is -2.54. The minimum absolute atomic E-state index is 0.339. The summed E-state index contributed by atoms with van der Waals surface area (Å²) in [6.45, 7) is 11.5. The highest BCUT2D eigenvalue weighted by Gasteiger charge is 2.45. The van der Waals surface area contributed by atoms with Crippen molar-refractivity contribution in [1.82, 2.24) is 10.2 Å². The van der Waals surface area contributed by atoms with Crippen LogP contribution in [-0.2, 0) is 4.74 Å². The first-order valence-electron chi connectivity index (χ1n) is 8.59. The van der Waals surface area contributed by atoms with Gasteiger partial charge in [0, 0.05) is 37.3 Å². The summed E-state index contributed by atoms with van der Waals surface area (Å²) in [5.74, 6) is 0. The van der Waals surface area contributed by atoms with Crippen LogP contribution in [-0.4, -0.2) is 48.8 Å². The molecule has 2 heterocycles. The van der Waals surface area contributed by atoms with E-state index in [2.05, 4.69) is 31.0 Å². The summed E-state index contributed by atoms with van der Waals surface area (Å²) in [6.07, 6.45) is 8.20. The molecule has 0 radical (unpaired) electrons. The van der Waals surface area contributed by atoms with Crippen molar-refractivity contribution in [2.75, 3.05) is 26.3 Å². The molecule has 1 aliphatic carbocycles. The number of piperazine rings is 1. The average molecular weight is 280 g/mol. The Morgan fingerprint density at radius 2 is 1.90 bits per heavy atom. The minimum atomic E-state index is 0.339. The maximum Gasteiger partial charge on any atom is 0.0622 e. The molecule has 116 valence electrons. The van der Waals surface area contributed by atoms with Gasteiger partial charge in [0.05, 0.1) is 6.61 Å². The fourth-order valence-corrected chi connectivity index (χ4v) is 4.48. The highest BCUT2D eigenvalue weighted by molar-refractivity contribution is 5.04. The van der Waals surface area contributed by atoms with E-state index in [0.29, 0.717) is 23.0 Å². The second-order valence-electron chi connectivity index (χ2n) is 8.29. The lowest BCUT2D eigenvalue weighted by atomic mass is 9.75. The lowest BCUT2D eigenvalue weighted by molar-refractivity contribution is -0.0212. The molecular formula is C17H32N2O. The largest absolute Gasteiger partial charge is 0.380 e. The van der Waals surface area contributed by atoms with Gasteiger partial charge in [-0.05, 0) is 24.7 Å². The zero-order valence-electron chi connectivity index (χ0n) is 13.6. The molecule has 1 saturated carbocycles. The van der Waals surface area contributed by atoms with Crippen LogP contribution in [0, 0.1) is 5.41 Å². The first kappa shape index (κ1) is 14.8. The van der Waals surface area contributed by atoms with Crippen LogP contribution in [0.1, 0.15) is 59.3 Å². The Hall–Kier alpha value is -0.120. The van der Waals surface area contributed by atoms with Crippen LogP contribution in [0.3, 0.4) is 0 Å². The minimum Gasteiger partial charge on any atom is -0.380 e. The molecule has 3 rings (SSSR count). The third-order valence-electron chi connectivity index (χ3n) is 5.74. The van der Waals surface area contributed by atoms with Crippen LogP contribution in [0.25, 0.3) is 0 Å². The van der Waals surface area contributed by atoms with E-state index >= 15 is 0 Å². The van der Waals surface area contributed by atoms with Crippen molar-refractivity contribution in [3.05, 3.63) is 0 Å². The second kappa shape index (κ2) is 5.58. The van der Waals surface area contributed by atoms with Crippen LogP contribution < -0.4 is 5.32 Å². The molecule has 2 saturated heterocycles. The molecule has 2 atom stereocenters. The van der Waals surface area contributed by atoms with Crippen molar-refractivity contribution in [2.45, 2.75) is 76.9 Å². The van der Waals surface area contributed by atoms with Gasteiger partial charge in [0.1, 0.15) is 0 Å². The van der Waals surface area contributed by atoms with Crippen molar-refractivity contribution in [2.24, 2.45) is 5.41 Å². The number of ether oxygens (including phenoxy) is 1. The zero-order chi connectivity index (χ0) is 14.2. The van der Waals surface area contributed by atoms with Gasteiger partial charge >= 0.3 is 0 Å². The molecule has 0 aromatic rings. The van der Waals surface area contributed by atoms with Crippen molar-refractivity contribution >= 4 is 0 Å². The van der Waals surface area contributed by atoms with Gasteiger partial charge in [0.15, 0.2) is 0 Å². The van der Waals surface area contributed by atoms with E-state index in [1.165, 1.54) is 45.1 Å². The summed E-state index contributed by atoms with van der Waals surface area (Å²) in [5, 5.41) is 3.96. The van der Waals surface area contributed by atoms with Crippen LogP contribution in [0.15, 0.2) is 0 Å². The van der Waals surface area contributed by atoms with Gasteiger partial charge in [-0.15, -0.1) is 0 Å². The summed E-state index contributed by atoms with van der Waals surface area (Å²) in [4.78, 5) is 2.81. The van der Waals surface area contributed by atoms with Crippen molar-refractivity contribution in [3.63, 3.8) is 0 Å². The number of nitrogens with zero attached hydrogens (tertiary/aromatic N) is 1. The summed E-state index contributed by atoms with van der Waals surface area (Å²) >= 11 is 0. The number of rotatable bonds is 1. The number of nitrogens with one attached hydrogen (secondary N) is 1. The first-order valence-corrected chi connectivity index (χ1v) is 8.59. The Morgan fingerprint density at radius 3 is 2.50 bits per heavy atom. The van der Waals surface area contributed by atoms with E-state index in [1.807, 2.05) is 0 Å². The van der Waals surface area contributed by atoms with Crippen molar-refractivity contribution < 1.29 is 4.74 Å². The second-order valence-corrected chi connectivity index (χ2v) is 8.29. The molecule has 3 aliphatic rings. The zero-order valence-corrected chi connectivity index (χ0v) is 13.6. The third kappa shape index (κ3) is 2.90. The van der Waals surface area contributed by atoms with E-state index in [-0.39, 0.29) is 0 Å². The number of hydrogen-bond acceptors (Lipinski definition) is 3. The molecule has 3 nitrogen and oxygen atoms in total. The summed E-state index contributed by atoms with van der Waals surface area (Å²) in [6, 6.07) is 1.29. The van der Waals surface area contributed by atoms with Crippen LogP contribution in [0.5, 0.6) is 0 Å². The predicted molar refractivity (Wildman–Crippen MR) is 83.0 cm³/mol. The quantitative estimate of drug-likeness (QED) is 0.799. The van der Waals surface area contributed by atoms with E-state index in [4.69, 9.17) is 4.74 Å². The van der Waals surface area contributed by atoms with Gasteiger partial charge in [0.25, 0.3) is 0 Å². The molecule has 2 unspecified atom stereocenters. The molecule has 3 fully saturated rings. The maximum absolute atomic E-state index is 5.69. The van der Waals surface area contributed by atoms with Crippen molar-refractivity contribution in [1.29, 1.82) is 0 Å². The highest BCUT2D eigenvalue weighted by atomic mass is 16.5. The van der Waals surface area contributed by atoms with E-state index in [0.717, 1.165) is 19.8 Å². The maximum atomic E-state index is 5.69. The molecule has 20 heavy (non-hydrogen) atoms. The molecule has 0 aromatic carbocycles. The summed E-state index contributed by atoms with van der Waals surface area (Å²) in [7, 11) is 0. The standard InChI is InChI=1S/C17H32N2O/c1-16(2,3)15-11-18-17(8-5-4-6-9-17)13-19(15)14-7-10-20-12-14/h14-15,18H,4-13H2,1-3H3. The predicted octanol–water partition coefficient (Wildman–Crippen LogP) is 2.80. The molecule has 1 N–H and O–H groups in total. The summed E-state index contributed by atoms with van der Waals surface area (Å²) in [5.41, 5.74) is 0.745. The van der Waals surface area contributed by atoms with E-state index in [1.54, 1.807) is 0 Å². The Labute approximate surface area is 124 Å². The molecule has 0 aromatic heterocycles.